The van der Waals surface area contributed by atoms with Gasteiger partial charge in [0.2, 0.25) is 5.91 Å². The Balaban J connectivity index is 1.78. The average molecular weight is 353 g/mol. The smallest absolute Gasteiger partial charge is 0.222 e. The van der Waals surface area contributed by atoms with Crippen molar-refractivity contribution in [2.75, 3.05) is 25.6 Å². The molecule has 4 heterocycles. The zero-order valence-corrected chi connectivity index (χ0v) is 14.6. The Morgan fingerprint density at radius 1 is 1.31 bits per heavy atom. The second-order valence-corrected chi connectivity index (χ2v) is 6.30. The van der Waals surface area contributed by atoms with Crippen molar-refractivity contribution in [2.45, 2.75) is 18.9 Å². The molecular formula is C18H19N5O3. The topological polar surface area (TPSA) is 91.2 Å². The van der Waals surface area contributed by atoms with Gasteiger partial charge in [0.05, 0.1) is 30.2 Å². The first-order valence-electron chi connectivity index (χ1n) is 8.31. The van der Waals surface area contributed by atoms with Gasteiger partial charge in [-0.2, -0.15) is 5.10 Å². The largest absolute Gasteiger partial charge is 0.378 e. The molecule has 1 unspecified atom stereocenters. The van der Waals surface area contributed by atoms with Crippen LogP contribution in [-0.2, 0) is 19.9 Å². The molecular weight excluding hydrogens is 334 g/mol. The van der Waals surface area contributed by atoms with Crippen LogP contribution in [-0.4, -0.2) is 46.0 Å². The molecule has 0 aliphatic carbocycles. The summed E-state index contributed by atoms with van der Waals surface area (Å²) in [4.78, 5) is 19.9. The molecule has 0 radical (unpaired) electrons. The molecule has 1 aliphatic heterocycles. The van der Waals surface area contributed by atoms with Crippen LogP contribution in [0.5, 0.6) is 0 Å². The number of methoxy groups -OCH3 is 1. The van der Waals surface area contributed by atoms with Crippen molar-refractivity contribution in [3.63, 3.8) is 0 Å². The first-order chi connectivity index (χ1) is 12.6. The Kier molecular flexibility index (Phi) is 4.14. The molecule has 26 heavy (non-hydrogen) atoms. The lowest BCUT2D eigenvalue weighted by atomic mass is 9.94. The van der Waals surface area contributed by atoms with E-state index < -0.39 is 5.60 Å². The number of hydrogen-bond acceptors (Lipinski definition) is 6. The molecule has 1 aliphatic rings. The maximum absolute atomic E-state index is 11.3. The Morgan fingerprint density at radius 3 is 2.92 bits per heavy atom. The molecule has 0 bridgehead atoms. The Hall–Kier alpha value is -2.84. The molecule has 8 nitrogen and oxygen atoms in total. The summed E-state index contributed by atoms with van der Waals surface area (Å²) in [7, 11) is 1.69. The molecule has 1 atom stereocenters. The molecule has 4 rings (SSSR count). The van der Waals surface area contributed by atoms with Crippen LogP contribution in [0.15, 0.2) is 36.9 Å². The molecule has 1 saturated heterocycles. The number of carbonyl (C=O) groups is 1. The van der Waals surface area contributed by atoms with Gasteiger partial charge in [0, 0.05) is 56.5 Å². The fourth-order valence-electron chi connectivity index (χ4n) is 3.22. The number of fused-ring (bicyclic) bond motifs is 1. The predicted molar refractivity (Wildman–Crippen MR) is 95.1 cm³/mol. The van der Waals surface area contributed by atoms with Crippen LogP contribution in [0.4, 0.5) is 5.82 Å². The Morgan fingerprint density at radius 2 is 2.19 bits per heavy atom. The van der Waals surface area contributed by atoms with Gasteiger partial charge in [-0.15, -0.1) is 0 Å². The summed E-state index contributed by atoms with van der Waals surface area (Å²) in [6, 6.07) is 3.80. The number of nitrogens with one attached hydrogen (secondary N) is 1. The Bertz CT molecular complexity index is 962. The highest BCUT2D eigenvalue weighted by atomic mass is 16.5. The predicted octanol–water partition coefficient (Wildman–Crippen LogP) is 2.04. The number of pyridine rings is 2. The van der Waals surface area contributed by atoms with Crippen LogP contribution in [0.3, 0.4) is 0 Å². The zero-order valence-electron chi connectivity index (χ0n) is 14.6. The second kappa shape index (κ2) is 6.47. The van der Waals surface area contributed by atoms with E-state index in [0.717, 1.165) is 28.6 Å². The number of nitrogens with zero attached hydrogens (tertiary/aromatic N) is 4. The maximum Gasteiger partial charge on any atom is 0.222 e. The van der Waals surface area contributed by atoms with E-state index in [2.05, 4.69) is 20.4 Å². The van der Waals surface area contributed by atoms with Crippen molar-refractivity contribution in [3.05, 3.63) is 42.5 Å². The van der Waals surface area contributed by atoms with E-state index >= 15 is 0 Å². The van der Waals surface area contributed by atoms with Crippen LogP contribution in [0.2, 0.25) is 0 Å². The number of aromatic nitrogens is 4. The molecule has 134 valence electrons. The van der Waals surface area contributed by atoms with E-state index in [1.165, 1.54) is 6.92 Å². The SMILES string of the molecule is COC1(c2cncc(-n3ncc4cnc(NC(C)=O)cc43)c2)CCOC1. The number of ether oxygens (including phenoxy) is 2. The van der Waals surface area contributed by atoms with E-state index in [4.69, 9.17) is 9.47 Å². The normalized spacial score (nSPS) is 19.8. The molecule has 0 spiro atoms. The molecule has 8 heteroatoms. The van der Waals surface area contributed by atoms with E-state index in [-0.39, 0.29) is 5.91 Å². The van der Waals surface area contributed by atoms with E-state index in [1.54, 1.807) is 42.6 Å². The minimum atomic E-state index is -0.477. The first kappa shape index (κ1) is 16.6. The summed E-state index contributed by atoms with van der Waals surface area (Å²) in [5, 5.41) is 8.02. The molecule has 1 fully saturated rings. The summed E-state index contributed by atoms with van der Waals surface area (Å²) >= 11 is 0. The molecule has 3 aromatic heterocycles. The van der Waals surface area contributed by atoms with Gasteiger partial charge in [0.1, 0.15) is 11.4 Å². The van der Waals surface area contributed by atoms with E-state index in [0.29, 0.717) is 19.0 Å². The van der Waals surface area contributed by atoms with E-state index in [9.17, 15) is 4.79 Å². The monoisotopic (exact) mass is 353 g/mol. The third-order valence-electron chi connectivity index (χ3n) is 4.63. The van der Waals surface area contributed by atoms with Gasteiger partial charge >= 0.3 is 0 Å². The van der Waals surface area contributed by atoms with Crippen LogP contribution in [0.25, 0.3) is 16.6 Å². The van der Waals surface area contributed by atoms with Crippen molar-refractivity contribution in [2.24, 2.45) is 0 Å². The van der Waals surface area contributed by atoms with Crippen molar-refractivity contribution in [1.29, 1.82) is 0 Å². The highest BCUT2D eigenvalue weighted by Crippen LogP contribution is 2.34. The number of carbonyl (C=O) groups excluding carboxylic acids is 1. The molecule has 1 amide bonds. The van der Waals surface area contributed by atoms with Crippen molar-refractivity contribution in [1.82, 2.24) is 19.7 Å². The van der Waals surface area contributed by atoms with E-state index in [1.807, 2.05) is 6.07 Å². The quantitative estimate of drug-likeness (QED) is 0.772. The average Bonchev–Trinajstić information content (AvgIpc) is 3.29. The highest BCUT2D eigenvalue weighted by Gasteiger charge is 2.37. The summed E-state index contributed by atoms with van der Waals surface area (Å²) in [6.45, 7) is 2.62. The zero-order chi connectivity index (χ0) is 18.1. The number of anilines is 1. The fraction of sp³-hybridized carbons (Fsp3) is 0.333. The summed E-state index contributed by atoms with van der Waals surface area (Å²) in [5.74, 6) is 0.309. The number of hydrogen-bond donors (Lipinski definition) is 1. The Labute approximate surface area is 150 Å². The number of amides is 1. The second-order valence-electron chi connectivity index (χ2n) is 6.30. The maximum atomic E-state index is 11.3. The highest BCUT2D eigenvalue weighted by molar-refractivity contribution is 5.90. The summed E-state index contributed by atoms with van der Waals surface area (Å²) < 4.78 is 13.1. The van der Waals surface area contributed by atoms with Gasteiger partial charge in [0.15, 0.2) is 0 Å². The first-order valence-corrected chi connectivity index (χ1v) is 8.31. The third kappa shape index (κ3) is 2.83. The van der Waals surface area contributed by atoms with Crippen molar-refractivity contribution in [3.8, 4) is 5.69 Å². The van der Waals surface area contributed by atoms with Gasteiger partial charge in [0.25, 0.3) is 0 Å². The van der Waals surface area contributed by atoms with Crippen molar-refractivity contribution >= 4 is 22.6 Å². The fourth-order valence-corrected chi connectivity index (χ4v) is 3.22. The van der Waals surface area contributed by atoms with Gasteiger partial charge < -0.3 is 14.8 Å². The van der Waals surface area contributed by atoms with Crippen LogP contribution in [0, 0.1) is 0 Å². The summed E-state index contributed by atoms with van der Waals surface area (Å²) in [6.07, 6.45) is 7.75. The lowest BCUT2D eigenvalue weighted by Crippen LogP contribution is -2.29. The third-order valence-corrected chi connectivity index (χ3v) is 4.63. The van der Waals surface area contributed by atoms with Gasteiger partial charge in [-0.25, -0.2) is 9.67 Å². The molecule has 1 N–H and O–H groups in total. The molecule has 0 saturated carbocycles. The van der Waals surface area contributed by atoms with Gasteiger partial charge in [-0.1, -0.05) is 0 Å². The van der Waals surface area contributed by atoms with Crippen LogP contribution < -0.4 is 5.32 Å². The molecule has 0 aromatic carbocycles. The minimum absolute atomic E-state index is 0.171. The summed E-state index contributed by atoms with van der Waals surface area (Å²) in [5.41, 5.74) is 2.11. The van der Waals surface area contributed by atoms with Gasteiger partial charge in [-0.3, -0.25) is 9.78 Å². The lowest BCUT2D eigenvalue weighted by molar-refractivity contribution is -0.114. The standard InChI is InChI=1S/C18H19N5O3/c1-12(24)22-17-6-16-13(7-20-17)8-21-23(16)15-5-14(9-19-10-15)18(25-2)3-4-26-11-18/h5-10H,3-4,11H2,1-2H3,(H,20,22,24). The number of rotatable bonds is 4. The molecule has 3 aromatic rings. The van der Waals surface area contributed by atoms with Gasteiger partial charge in [-0.05, 0) is 6.07 Å². The lowest BCUT2D eigenvalue weighted by Gasteiger charge is -2.26. The minimum Gasteiger partial charge on any atom is -0.378 e. The van der Waals surface area contributed by atoms with Crippen molar-refractivity contribution < 1.29 is 14.3 Å². The van der Waals surface area contributed by atoms with Crippen LogP contribution in [0.1, 0.15) is 18.9 Å². The van der Waals surface area contributed by atoms with Crippen LogP contribution >= 0.6 is 0 Å².